The van der Waals surface area contributed by atoms with Crippen LogP contribution in [0, 0.1) is 5.92 Å². The van der Waals surface area contributed by atoms with E-state index >= 15 is 0 Å². The van der Waals surface area contributed by atoms with Crippen LogP contribution in [0.5, 0.6) is 0 Å². The van der Waals surface area contributed by atoms with Gasteiger partial charge in [-0.1, -0.05) is 0 Å². The summed E-state index contributed by atoms with van der Waals surface area (Å²) in [6.07, 6.45) is 1.64. The maximum atomic E-state index is 9.71. The van der Waals surface area contributed by atoms with Crippen molar-refractivity contribution in [3.05, 3.63) is 0 Å². The van der Waals surface area contributed by atoms with E-state index in [0.717, 1.165) is 12.8 Å². The molecule has 0 bridgehead atoms. The van der Waals surface area contributed by atoms with Gasteiger partial charge in [-0.2, -0.15) is 0 Å². The Labute approximate surface area is 84.4 Å². The fraction of sp³-hybridized carbons (Fsp3) is 1.00. The lowest BCUT2D eigenvalue weighted by molar-refractivity contribution is -0.160. The van der Waals surface area contributed by atoms with E-state index in [2.05, 4.69) is 0 Å². The average Bonchev–Trinajstić information content (AvgIpc) is 2.58. The normalized spacial score (nSPS) is 42.4. The minimum Gasteiger partial charge on any atom is -0.391 e. The molecule has 0 aromatic carbocycles. The van der Waals surface area contributed by atoms with Crippen LogP contribution in [0.25, 0.3) is 0 Å². The van der Waals surface area contributed by atoms with Crippen LogP contribution in [0.2, 0.25) is 0 Å². The second-order valence-electron chi connectivity index (χ2n) is 4.68. The standard InChI is InChI=1S/C10H19NO3/c1-10(2)13-8-4-3-6(7(12)5-11)9(8)14-10/h6-9,12H,3-5,11H2,1-2H3/t6-,7?,8?,9?/m0/s1. The second-order valence-corrected chi connectivity index (χ2v) is 4.68. The van der Waals surface area contributed by atoms with Crippen LogP contribution in [0.15, 0.2) is 0 Å². The average molecular weight is 201 g/mol. The van der Waals surface area contributed by atoms with Gasteiger partial charge >= 0.3 is 0 Å². The zero-order chi connectivity index (χ0) is 10.3. The predicted octanol–water partition coefficient (Wildman–Crippen LogP) is 0.236. The van der Waals surface area contributed by atoms with Crippen LogP contribution in [0.3, 0.4) is 0 Å². The Hall–Kier alpha value is -0.160. The van der Waals surface area contributed by atoms with Crippen LogP contribution in [-0.4, -0.2) is 35.8 Å². The first-order valence-corrected chi connectivity index (χ1v) is 5.27. The molecule has 2 fully saturated rings. The summed E-state index contributed by atoms with van der Waals surface area (Å²) < 4.78 is 11.5. The van der Waals surface area contributed by atoms with E-state index in [9.17, 15) is 5.11 Å². The Bertz CT molecular complexity index is 219. The number of aliphatic hydroxyl groups excluding tert-OH is 1. The van der Waals surface area contributed by atoms with Gasteiger partial charge in [0, 0.05) is 12.5 Å². The highest BCUT2D eigenvalue weighted by Crippen LogP contribution is 2.42. The van der Waals surface area contributed by atoms with Gasteiger partial charge in [0.05, 0.1) is 18.3 Å². The number of aliphatic hydroxyl groups is 1. The maximum Gasteiger partial charge on any atom is 0.163 e. The number of hydrogen-bond donors (Lipinski definition) is 2. The molecule has 0 radical (unpaired) electrons. The van der Waals surface area contributed by atoms with Crippen LogP contribution >= 0.6 is 0 Å². The van der Waals surface area contributed by atoms with E-state index in [0.29, 0.717) is 6.54 Å². The minimum absolute atomic E-state index is 0.0311. The van der Waals surface area contributed by atoms with E-state index in [1.54, 1.807) is 0 Å². The summed E-state index contributed by atoms with van der Waals surface area (Å²) in [6, 6.07) is 0. The van der Waals surface area contributed by atoms with E-state index in [-0.39, 0.29) is 18.1 Å². The molecule has 1 saturated carbocycles. The highest BCUT2D eigenvalue weighted by molar-refractivity contribution is 4.95. The van der Waals surface area contributed by atoms with E-state index < -0.39 is 11.9 Å². The van der Waals surface area contributed by atoms with Crippen molar-refractivity contribution in [2.45, 2.75) is 50.8 Å². The van der Waals surface area contributed by atoms with Gasteiger partial charge < -0.3 is 20.3 Å². The molecule has 3 N–H and O–H groups in total. The molecule has 0 amide bonds. The molecular weight excluding hydrogens is 182 g/mol. The SMILES string of the molecule is CC1(C)OC2CC[C@@H](C(O)CN)C2O1. The number of ether oxygens (including phenoxy) is 2. The van der Waals surface area contributed by atoms with Gasteiger partial charge in [-0.05, 0) is 26.7 Å². The Balaban J connectivity index is 2.04. The van der Waals surface area contributed by atoms with Gasteiger partial charge in [0.2, 0.25) is 0 Å². The number of nitrogens with two attached hydrogens (primary N) is 1. The monoisotopic (exact) mass is 201 g/mol. The van der Waals surface area contributed by atoms with Crippen molar-refractivity contribution in [2.75, 3.05) is 6.54 Å². The lowest BCUT2D eigenvalue weighted by Gasteiger charge is -2.24. The topological polar surface area (TPSA) is 64.7 Å². The largest absolute Gasteiger partial charge is 0.391 e. The fourth-order valence-corrected chi connectivity index (χ4v) is 2.56. The third-order valence-electron chi connectivity index (χ3n) is 3.16. The third-order valence-corrected chi connectivity index (χ3v) is 3.16. The molecular formula is C10H19NO3. The van der Waals surface area contributed by atoms with Crippen LogP contribution in [-0.2, 0) is 9.47 Å². The summed E-state index contributed by atoms with van der Waals surface area (Å²) in [5.41, 5.74) is 5.46. The van der Waals surface area contributed by atoms with Crippen molar-refractivity contribution < 1.29 is 14.6 Å². The Morgan fingerprint density at radius 1 is 1.43 bits per heavy atom. The molecule has 4 atom stereocenters. The molecule has 0 aromatic heterocycles. The van der Waals surface area contributed by atoms with Gasteiger partial charge in [0.15, 0.2) is 5.79 Å². The molecule has 1 aliphatic carbocycles. The van der Waals surface area contributed by atoms with Crippen molar-refractivity contribution in [1.82, 2.24) is 0 Å². The highest BCUT2D eigenvalue weighted by atomic mass is 16.8. The van der Waals surface area contributed by atoms with Crippen molar-refractivity contribution in [3.63, 3.8) is 0 Å². The lowest BCUT2D eigenvalue weighted by atomic mass is 9.98. The third kappa shape index (κ3) is 1.67. The molecule has 82 valence electrons. The number of hydrogen-bond acceptors (Lipinski definition) is 4. The zero-order valence-corrected chi connectivity index (χ0v) is 8.77. The summed E-state index contributed by atoms with van der Waals surface area (Å²) in [7, 11) is 0. The summed E-state index contributed by atoms with van der Waals surface area (Å²) in [4.78, 5) is 0. The molecule has 2 rings (SSSR count). The molecule has 0 aromatic rings. The fourth-order valence-electron chi connectivity index (χ4n) is 2.56. The zero-order valence-electron chi connectivity index (χ0n) is 8.77. The number of rotatable bonds is 2. The molecule has 1 aliphatic heterocycles. The summed E-state index contributed by atoms with van der Waals surface area (Å²) >= 11 is 0. The van der Waals surface area contributed by atoms with Crippen LogP contribution < -0.4 is 5.73 Å². The number of fused-ring (bicyclic) bond motifs is 1. The molecule has 4 nitrogen and oxygen atoms in total. The molecule has 2 aliphatic rings. The smallest absolute Gasteiger partial charge is 0.163 e. The molecule has 1 saturated heterocycles. The summed E-state index contributed by atoms with van der Waals surface area (Å²) in [6.45, 7) is 4.13. The van der Waals surface area contributed by atoms with Crippen molar-refractivity contribution in [2.24, 2.45) is 11.7 Å². The molecule has 1 heterocycles. The van der Waals surface area contributed by atoms with E-state index in [1.165, 1.54) is 0 Å². The molecule has 3 unspecified atom stereocenters. The van der Waals surface area contributed by atoms with Crippen molar-refractivity contribution >= 4 is 0 Å². The Morgan fingerprint density at radius 3 is 2.79 bits per heavy atom. The predicted molar refractivity (Wildman–Crippen MR) is 51.6 cm³/mol. The van der Waals surface area contributed by atoms with Crippen molar-refractivity contribution in [3.8, 4) is 0 Å². The maximum absolute atomic E-state index is 9.71. The first-order chi connectivity index (χ1) is 6.53. The van der Waals surface area contributed by atoms with Gasteiger partial charge in [-0.25, -0.2) is 0 Å². The lowest BCUT2D eigenvalue weighted by Crippen LogP contribution is -2.37. The quantitative estimate of drug-likeness (QED) is 0.671. The van der Waals surface area contributed by atoms with Gasteiger partial charge in [-0.3, -0.25) is 0 Å². The molecule has 0 spiro atoms. The van der Waals surface area contributed by atoms with Crippen molar-refractivity contribution in [1.29, 1.82) is 0 Å². The van der Waals surface area contributed by atoms with Crippen LogP contribution in [0.1, 0.15) is 26.7 Å². The second kappa shape index (κ2) is 3.45. The first kappa shape index (κ1) is 10.4. The summed E-state index contributed by atoms with van der Waals surface area (Å²) in [5.74, 6) is -0.353. The summed E-state index contributed by atoms with van der Waals surface area (Å²) in [5, 5.41) is 9.71. The van der Waals surface area contributed by atoms with Gasteiger partial charge in [-0.15, -0.1) is 0 Å². The Kier molecular flexibility index (Phi) is 2.55. The van der Waals surface area contributed by atoms with E-state index in [1.807, 2.05) is 13.8 Å². The molecule has 14 heavy (non-hydrogen) atoms. The van der Waals surface area contributed by atoms with Gasteiger partial charge in [0.1, 0.15) is 0 Å². The first-order valence-electron chi connectivity index (χ1n) is 5.27. The van der Waals surface area contributed by atoms with E-state index in [4.69, 9.17) is 15.2 Å². The minimum atomic E-state index is -0.498. The van der Waals surface area contributed by atoms with Gasteiger partial charge in [0.25, 0.3) is 0 Å². The highest BCUT2D eigenvalue weighted by Gasteiger charge is 2.50. The molecule has 4 heteroatoms. The van der Waals surface area contributed by atoms with Crippen LogP contribution in [0.4, 0.5) is 0 Å². The Morgan fingerprint density at radius 2 is 2.14 bits per heavy atom.